The number of fused-ring (bicyclic) bond motifs is 3. The van der Waals surface area contributed by atoms with Crippen LogP contribution in [-0.4, -0.2) is 0 Å². The zero-order valence-electron chi connectivity index (χ0n) is 8.64. The van der Waals surface area contributed by atoms with E-state index >= 15 is 0 Å². The molecule has 1 spiro atoms. The first kappa shape index (κ1) is 7.92. The van der Waals surface area contributed by atoms with Gasteiger partial charge in [-0.3, -0.25) is 0 Å². The quantitative estimate of drug-likeness (QED) is 0.495. The van der Waals surface area contributed by atoms with E-state index in [1.54, 1.807) is 0 Å². The first-order valence-corrected chi connectivity index (χ1v) is 5.75. The maximum atomic E-state index is 3.29. The van der Waals surface area contributed by atoms with Crippen LogP contribution in [0.15, 0.2) is 0 Å². The molecule has 2 saturated carbocycles. The van der Waals surface area contributed by atoms with Crippen molar-refractivity contribution in [2.45, 2.75) is 39.5 Å². The second kappa shape index (κ2) is 2.32. The molecule has 0 saturated heterocycles. The van der Waals surface area contributed by atoms with Gasteiger partial charge in [0, 0.05) is 12.8 Å². The smallest absolute Gasteiger partial charge is 0.00916 e. The Bertz CT molecular complexity index is 263. The number of rotatable bonds is 0. The van der Waals surface area contributed by atoms with Crippen molar-refractivity contribution in [3.05, 3.63) is 0 Å². The highest BCUT2D eigenvalue weighted by atomic mass is 14.8. The molecule has 4 unspecified atom stereocenters. The molecular formula is C13H18. The van der Waals surface area contributed by atoms with E-state index in [9.17, 15) is 0 Å². The van der Waals surface area contributed by atoms with Crippen molar-refractivity contribution in [2.75, 3.05) is 0 Å². The summed E-state index contributed by atoms with van der Waals surface area (Å²) in [5.74, 6) is 10.7. The van der Waals surface area contributed by atoms with Crippen molar-refractivity contribution in [3.8, 4) is 11.8 Å². The van der Waals surface area contributed by atoms with Crippen molar-refractivity contribution in [1.29, 1.82) is 0 Å². The molecule has 2 fully saturated rings. The van der Waals surface area contributed by atoms with Crippen molar-refractivity contribution in [3.63, 3.8) is 0 Å². The molecule has 0 aromatic rings. The summed E-state index contributed by atoms with van der Waals surface area (Å²) in [6, 6.07) is 0. The Morgan fingerprint density at radius 1 is 0.923 bits per heavy atom. The van der Waals surface area contributed by atoms with E-state index in [0.717, 1.165) is 29.1 Å². The average molecular weight is 174 g/mol. The third-order valence-corrected chi connectivity index (χ3v) is 5.16. The zero-order valence-corrected chi connectivity index (χ0v) is 8.64. The van der Waals surface area contributed by atoms with E-state index in [4.69, 9.17) is 0 Å². The minimum absolute atomic E-state index is 0.813. The molecule has 0 heteroatoms. The van der Waals surface area contributed by atoms with E-state index < -0.39 is 0 Å². The van der Waals surface area contributed by atoms with Gasteiger partial charge in [-0.2, -0.15) is 0 Å². The van der Waals surface area contributed by atoms with Crippen molar-refractivity contribution < 1.29 is 0 Å². The minimum Gasteiger partial charge on any atom is -0.103 e. The molecule has 13 heavy (non-hydrogen) atoms. The molecule has 3 aliphatic carbocycles. The Morgan fingerprint density at radius 2 is 1.38 bits per heavy atom. The summed E-state index contributed by atoms with van der Waals surface area (Å²) in [4.78, 5) is 0. The largest absolute Gasteiger partial charge is 0.103 e. The minimum atomic E-state index is 0.813. The standard InChI is InChI=1S/C13H18/c1-9-10(2)13(9)11-7-5-3-4-6-8-12(11)13/h9-12H,5-8H2,1-2H3. The second-order valence-electron chi connectivity index (χ2n) is 5.22. The molecule has 3 aliphatic rings. The fourth-order valence-corrected chi connectivity index (χ4v) is 4.31. The van der Waals surface area contributed by atoms with Crippen LogP contribution >= 0.6 is 0 Å². The van der Waals surface area contributed by atoms with Crippen LogP contribution in [0.3, 0.4) is 0 Å². The highest BCUT2D eigenvalue weighted by molar-refractivity contribution is 5.27. The number of hydrogen-bond acceptors (Lipinski definition) is 0. The molecule has 70 valence electrons. The molecule has 0 N–H and O–H groups in total. The third-order valence-electron chi connectivity index (χ3n) is 5.16. The Hall–Kier alpha value is -0.440. The third kappa shape index (κ3) is 0.790. The van der Waals surface area contributed by atoms with Gasteiger partial charge in [0.1, 0.15) is 0 Å². The van der Waals surface area contributed by atoms with Gasteiger partial charge in [0.2, 0.25) is 0 Å². The van der Waals surface area contributed by atoms with Crippen LogP contribution in [0.4, 0.5) is 0 Å². The Morgan fingerprint density at radius 3 is 1.77 bits per heavy atom. The van der Waals surface area contributed by atoms with Crippen LogP contribution in [0.2, 0.25) is 0 Å². The van der Waals surface area contributed by atoms with Gasteiger partial charge < -0.3 is 0 Å². The van der Waals surface area contributed by atoms with Crippen LogP contribution in [0.5, 0.6) is 0 Å². The zero-order chi connectivity index (χ0) is 9.05. The molecular weight excluding hydrogens is 156 g/mol. The fraction of sp³-hybridized carbons (Fsp3) is 0.846. The maximum Gasteiger partial charge on any atom is 0.00916 e. The SMILES string of the molecule is CC1C(C)C12C1CCC#CCCC12. The van der Waals surface area contributed by atoms with Crippen molar-refractivity contribution in [2.24, 2.45) is 29.1 Å². The van der Waals surface area contributed by atoms with Gasteiger partial charge in [0.05, 0.1) is 0 Å². The highest BCUT2D eigenvalue weighted by Crippen LogP contribution is 2.83. The molecule has 0 aliphatic heterocycles. The number of hydrogen-bond donors (Lipinski definition) is 0. The van der Waals surface area contributed by atoms with Gasteiger partial charge in [0.25, 0.3) is 0 Å². The van der Waals surface area contributed by atoms with Crippen LogP contribution in [0.1, 0.15) is 39.5 Å². The second-order valence-corrected chi connectivity index (χ2v) is 5.22. The Balaban J connectivity index is 1.79. The van der Waals surface area contributed by atoms with E-state index in [1.807, 2.05) is 0 Å². The lowest BCUT2D eigenvalue weighted by Gasteiger charge is -1.96. The van der Waals surface area contributed by atoms with Crippen LogP contribution in [0, 0.1) is 40.9 Å². The summed E-state index contributed by atoms with van der Waals surface area (Å²) < 4.78 is 0. The molecule has 4 atom stereocenters. The molecule has 0 nitrogen and oxygen atoms in total. The molecule has 0 amide bonds. The van der Waals surface area contributed by atoms with Crippen LogP contribution in [0.25, 0.3) is 0 Å². The van der Waals surface area contributed by atoms with Crippen LogP contribution in [-0.2, 0) is 0 Å². The molecule has 0 aromatic carbocycles. The first-order chi connectivity index (χ1) is 6.29. The van der Waals surface area contributed by atoms with Gasteiger partial charge in [-0.15, -0.1) is 11.8 Å². The first-order valence-electron chi connectivity index (χ1n) is 5.75. The maximum absolute atomic E-state index is 3.29. The molecule has 0 heterocycles. The molecule has 3 rings (SSSR count). The van der Waals surface area contributed by atoms with Gasteiger partial charge in [-0.05, 0) is 41.9 Å². The summed E-state index contributed by atoms with van der Waals surface area (Å²) in [5.41, 5.74) is 0.813. The van der Waals surface area contributed by atoms with Gasteiger partial charge >= 0.3 is 0 Å². The predicted octanol–water partition coefficient (Wildman–Crippen LogP) is 3.08. The summed E-state index contributed by atoms with van der Waals surface area (Å²) in [5, 5.41) is 0. The fourth-order valence-electron chi connectivity index (χ4n) is 4.31. The van der Waals surface area contributed by atoms with Crippen molar-refractivity contribution in [1.82, 2.24) is 0 Å². The Labute approximate surface area is 81.1 Å². The average Bonchev–Trinajstić information content (AvgIpc) is 2.83. The van der Waals surface area contributed by atoms with E-state index in [2.05, 4.69) is 25.7 Å². The lowest BCUT2D eigenvalue weighted by molar-refractivity contribution is 0.599. The summed E-state index contributed by atoms with van der Waals surface area (Å²) in [6.45, 7) is 4.91. The van der Waals surface area contributed by atoms with E-state index in [0.29, 0.717) is 0 Å². The normalized spacial score (nSPS) is 57.1. The lowest BCUT2D eigenvalue weighted by Crippen LogP contribution is -1.85. The molecule has 0 bridgehead atoms. The predicted molar refractivity (Wildman–Crippen MR) is 54.0 cm³/mol. The van der Waals surface area contributed by atoms with Gasteiger partial charge in [0.15, 0.2) is 0 Å². The summed E-state index contributed by atoms with van der Waals surface area (Å²) in [6.07, 6.45) is 5.13. The molecule has 0 aromatic heterocycles. The van der Waals surface area contributed by atoms with Crippen molar-refractivity contribution >= 4 is 0 Å². The van der Waals surface area contributed by atoms with E-state index in [1.165, 1.54) is 25.7 Å². The lowest BCUT2D eigenvalue weighted by atomic mass is 10.1. The van der Waals surface area contributed by atoms with E-state index in [-0.39, 0.29) is 0 Å². The van der Waals surface area contributed by atoms with Gasteiger partial charge in [-0.25, -0.2) is 0 Å². The van der Waals surface area contributed by atoms with Crippen LogP contribution < -0.4 is 0 Å². The summed E-state index contributed by atoms with van der Waals surface area (Å²) >= 11 is 0. The summed E-state index contributed by atoms with van der Waals surface area (Å²) in [7, 11) is 0. The Kier molecular flexibility index (Phi) is 1.41. The monoisotopic (exact) mass is 174 g/mol. The van der Waals surface area contributed by atoms with Gasteiger partial charge in [-0.1, -0.05) is 13.8 Å². The highest BCUT2D eigenvalue weighted by Gasteiger charge is 2.79. The molecule has 0 radical (unpaired) electrons. The topological polar surface area (TPSA) is 0 Å².